The molecule has 0 unspecified atom stereocenters. The van der Waals surface area contributed by atoms with Crippen LogP contribution in [-0.2, 0) is 34.6 Å². The lowest BCUT2D eigenvalue weighted by molar-refractivity contribution is -0.101. The van der Waals surface area contributed by atoms with Crippen LogP contribution in [0.5, 0.6) is 5.75 Å². The van der Waals surface area contributed by atoms with Crippen molar-refractivity contribution in [2.75, 3.05) is 33.9 Å². The van der Waals surface area contributed by atoms with Crippen molar-refractivity contribution in [1.82, 2.24) is 15.0 Å². The first-order chi connectivity index (χ1) is 12.7. The number of likely N-dealkylation sites (tertiary alicyclic amines) is 1. The topological polar surface area (TPSA) is 69.9 Å². The van der Waals surface area contributed by atoms with E-state index in [1.165, 1.54) is 11.1 Å². The van der Waals surface area contributed by atoms with Crippen molar-refractivity contribution in [2.45, 2.75) is 38.0 Å². The number of benzene rings is 1. The molecule has 1 spiro atoms. The summed E-state index contributed by atoms with van der Waals surface area (Å²) in [6.07, 6.45) is 2.81. The average Bonchev–Trinajstić information content (AvgIpc) is 3.11. The van der Waals surface area contributed by atoms with Crippen LogP contribution in [-0.4, -0.2) is 49.0 Å². The molecule has 1 saturated heterocycles. The zero-order chi connectivity index (χ0) is 18.0. The number of nitrogens with zero attached hydrogens (tertiary/aromatic N) is 3. The van der Waals surface area contributed by atoms with Gasteiger partial charge in [0.05, 0.1) is 25.9 Å². The Morgan fingerprint density at radius 3 is 2.85 bits per heavy atom. The summed E-state index contributed by atoms with van der Waals surface area (Å²) >= 11 is 0. The highest BCUT2D eigenvalue weighted by atomic mass is 16.5. The zero-order valence-corrected chi connectivity index (χ0v) is 15.4. The number of aromatic nitrogens is 2. The van der Waals surface area contributed by atoms with Gasteiger partial charge in [-0.05, 0) is 30.9 Å². The Kier molecular flexibility index (Phi) is 4.93. The van der Waals surface area contributed by atoms with Crippen molar-refractivity contribution in [1.29, 1.82) is 0 Å². The second-order valence-electron chi connectivity index (χ2n) is 6.90. The number of piperidine rings is 1. The van der Waals surface area contributed by atoms with Crippen LogP contribution in [0.25, 0.3) is 0 Å². The predicted molar refractivity (Wildman–Crippen MR) is 93.9 cm³/mol. The van der Waals surface area contributed by atoms with E-state index in [-0.39, 0.29) is 5.60 Å². The first-order valence-electron chi connectivity index (χ1n) is 9.07. The molecule has 0 bridgehead atoms. The van der Waals surface area contributed by atoms with Gasteiger partial charge in [0.15, 0.2) is 5.82 Å². The molecule has 0 saturated carbocycles. The molecule has 7 nitrogen and oxygen atoms in total. The highest BCUT2D eigenvalue weighted by Crippen LogP contribution is 2.45. The first-order valence-corrected chi connectivity index (χ1v) is 9.07. The quantitative estimate of drug-likeness (QED) is 0.811. The molecule has 7 heteroatoms. The van der Waals surface area contributed by atoms with Crippen LogP contribution in [0.15, 0.2) is 22.7 Å². The number of rotatable bonds is 5. The van der Waals surface area contributed by atoms with E-state index in [9.17, 15) is 0 Å². The molecule has 2 aromatic rings. The SMILES string of the molecule is COCc1noc(CN2CCC3(CC2)OCCc2cccc(OC)c23)n1. The fraction of sp³-hybridized carbons (Fsp3) is 0.579. The normalized spacial score (nSPS) is 19.5. The molecule has 0 atom stereocenters. The van der Waals surface area contributed by atoms with Crippen LogP contribution >= 0.6 is 0 Å². The van der Waals surface area contributed by atoms with E-state index in [4.69, 9.17) is 18.7 Å². The number of fused-ring (bicyclic) bond motifs is 2. The fourth-order valence-electron chi connectivity index (χ4n) is 4.10. The number of hydrogen-bond donors (Lipinski definition) is 0. The van der Waals surface area contributed by atoms with Crippen molar-refractivity contribution in [3.8, 4) is 5.75 Å². The van der Waals surface area contributed by atoms with Crippen molar-refractivity contribution in [3.05, 3.63) is 41.0 Å². The van der Waals surface area contributed by atoms with E-state index >= 15 is 0 Å². The summed E-state index contributed by atoms with van der Waals surface area (Å²) in [7, 11) is 3.36. The number of methoxy groups -OCH3 is 2. The zero-order valence-electron chi connectivity index (χ0n) is 15.4. The molecule has 0 aliphatic carbocycles. The molecule has 0 radical (unpaired) electrons. The highest BCUT2D eigenvalue weighted by Gasteiger charge is 2.43. The van der Waals surface area contributed by atoms with Gasteiger partial charge in [-0.25, -0.2) is 0 Å². The van der Waals surface area contributed by atoms with Crippen molar-refractivity contribution < 1.29 is 18.7 Å². The van der Waals surface area contributed by atoms with E-state index in [1.807, 2.05) is 6.07 Å². The van der Waals surface area contributed by atoms with E-state index in [2.05, 4.69) is 27.2 Å². The van der Waals surface area contributed by atoms with Crippen LogP contribution in [0.2, 0.25) is 0 Å². The molecular weight excluding hydrogens is 334 g/mol. The lowest BCUT2D eigenvalue weighted by Gasteiger charge is -2.45. The Morgan fingerprint density at radius 1 is 1.23 bits per heavy atom. The maximum atomic E-state index is 6.34. The molecule has 140 valence electrons. The third-order valence-corrected chi connectivity index (χ3v) is 5.34. The minimum Gasteiger partial charge on any atom is -0.496 e. The van der Waals surface area contributed by atoms with Gasteiger partial charge in [0, 0.05) is 25.8 Å². The van der Waals surface area contributed by atoms with Gasteiger partial charge in [-0.3, -0.25) is 4.90 Å². The van der Waals surface area contributed by atoms with Gasteiger partial charge in [0.2, 0.25) is 5.89 Å². The second kappa shape index (κ2) is 7.34. The van der Waals surface area contributed by atoms with Gasteiger partial charge in [0.25, 0.3) is 0 Å². The fourth-order valence-corrected chi connectivity index (χ4v) is 4.10. The third kappa shape index (κ3) is 3.22. The average molecular weight is 359 g/mol. The second-order valence-corrected chi connectivity index (χ2v) is 6.90. The minimum atomic E-state index is -0.243. The predicted octanol–water partition coefficient (Wildman–Crippen LogP) is 2.29. The summed E-state index contributed by atoms with van der Waals surface area (Å²) in [5.74, 6) is 2.16. The van der Waals surface area contributed by atoms with Crippen molar-refractivity contribution >= 4 is 0 Å². The first kappa shape index (κ1) is 17.5. The summed E-state index contributed by atoms with van der Waals surface area (Å²) in [4.78, 5) is 6.70. The van der Waals surface area contributed by atoms with Crippen LogP contribution in [0.3, 0.4) is 0 Å². The standard InChI is InChI=1S/C19H25N3O4/c1-23-13-16-20-17(26-21-16)12-22-9-7-19(8-10-22)18-14(6-11-25-19)4-3-5-15(18)24-2/h3-5H,6-13H2,1-2H3. The molecule has 1 aromatic carbocycles. The summed E-state index contributed by atoms with van der Waals surface area (Å²) < 4.78 is 22.3. The van der Waals surface area contributed by atoms with Gasteiger partial charge < -0.3 is 18.7 Å². The monoisotopic (exact) mass is 359 g/mol. The van der Waals surface area contributed by atoms with Crippen LogP contribution in [0.1, 0.15) is 35.7 Å². The molecular formula is C19H25N3O4. The Bertz CT molecular complexity index is 739. The molecule has 1 aromatic heterocycles. The summed E-state index contributed by atoms with van der Waals surface area (Å²) in [5.41, 5.74) is 2.35. The molecule has 0 amide bonds. The Morgan fingerprint density at radius 2 is 2.08 bits per heavy atom. The molecule has 26 heavy (non-hydrogen) atoms. The largest absolute Gasteiger partial charge is 0.496 e. The maximum absolute atomic E-state index is 6.34. The smallest absolute Gasteiger partial charge is 0.240 e. The van der Waals surface area contributed by atoms with Gasteiger partial charge in [-0.2, -0.15) is 4.98 Å². The van der Waals surface area contributed by atoms with Crippen LogP contribution < -0.4 is 4.74 Å². The van der Waals surface area contributed by atoms with Gasteiger partial charge in [-0.1, -0.05) is 17.3 Å². The molecule has 2 aliphatic heterocycles. The molecule has 1 fully saturated rings. The Labute approximate surface area is 153 Å². The molecule has 0 N–H and O–H groups in total. The van der Waals surface area contributed by atoms with Crippen molar-refractivity contribution in [2.24, 2.45) is 0 Å². The molecule has 2 aliphatic rings. The minimum absolute atomic E-state index is 0.243. The lowest BCUT2D eigenvalue weighted by atomic mass is 9.79. The Hall–Kier alpha value is -1.96. The third-order valence-electron chi connectivity index (χ3n) is 5.34. The summed E-state index contributed by atoms with van der Waals surface area (Å²) in [6.45, 7) is 3.63. The van der Waals surface area contributed by atoms with E-state index in [1.54, 1.807) is 14.2 Å². The molecule has 3 heterocycles. The van der Waals surface area contributed by atoms with Crippen LogP contribution in [0, 0.1) is 0 Å². The van der Waals surface area contributed by atoms with Gasteiger partial charge in [0.1, 0.15) is 12.4 Å². The Balaban J connectivity index is 1.47. The van der Waals surface area contributed by atoms with E-state index < -0.39 is 0 Å². The van der Waals surface area contributed by atoms with E-state index in [0.717, 1.165) is 44.7 Å². The maximum Gasteiger partial charge on any atom is 0.240 e. The number of hydrogen-bond acceptors (Lipinski definition) is 7. The summed E-state index contributed by atoms with van der Waals surface area (Å²) in [5, 5.41) is 3.93. The molecule has 4 rings (SSSR count). The van der Waals surface area contributed by atoms with Gasteiger partial charge >= 0.3 is 0 Å². The lowest BCUT2D eigenvalue weighted by Crippen LogP contribution is -2.46. The number of ether oxygens (including phenoxy) is 3. The summed E-state index contributed by atoms with van der Waals surface area (Å²) in [6, 6.07) is 6.31. The van der Waals surface area contributed by atoms with Gasteiger partial charge in [-0.15, -0.1) is 0 Å². The van der Waals surface area contributed by atoms with E-state index in [0.29, 0.717) is 24.9 Å². The van der Waals surface area contributed by atoms with Crippen molar-refractivity contribution in [3.63, 3.8) is 0 Å². The highest BCUT2D eigenvalue weighted by molar-refractivity contribution is 5.46. The van der Waals surface area contributed by atoms with Crippen LogP contribution in [0.4, 0.5) is 0 Å².